The van der Waals surface area contributed by atoms with Crippen molar-refractivity contribution in [2.24, 2.45) is 7.05 Å². The summed E-state index contributed by atoms with van der Waals surface area (Å²) in [6.45, 7) is 1.18. The molecule has 6 N–H and O–H groups in total. The van der Waals surface area contributed by atoms with Gasteiger partial charge >= 0.3 is 18.1 Å². The molecule has 4 rings (SSSR count). The molecule has 0 atom stereocenters. The number of carboxylic acid groups (broad SMARTS) is 2. The molecule has 0 aliphatic rings. The lowest BCUT2D eigenvalue weighted by Gasteiger charge is -2.19. The molecule has 0 bridgehead atoms. The number of quaternary nitrogens is 1. The van der Waals surface area contributed by atoms with Gasteiger partial charge in [-0.25, -0.2) is 9.59 Å². The van der Waals surface area contributed by atoms with E-state index >= 15 is 0 Å². The van der Waals surface area contributed by atoms with Crippen LogP contribution in [0.3, 0.4) is 0 Å². The van der Waals surface area contributed by atoms with Gasteiger partial charge in [0, 0.05) is 18.8 Å². The molecule has 0 saturated heterocycles. The highest BCUT2D eigenvalue weighted by atomic mass is 19.4. The fourth-order valence-corrected chi connectivity index (χ4v) is 4.10. The van der Waals surface area contributed by atoms with Crippen LogP contribution in [0.2, 0.25) is 0 Å². The van der Waals surface area contributed by atoms with Crippen molar-refractivity contribution in [2.75, 3.05) is 10.6 Å². The first-order valence-electron chi connectivity index (χ1n) is 11.9. The lowest BCUT2D eigenvalue weighted by atomic mass is 10.1. The van der Waals surface area contributed by atoms with Gasteiger partial charge in [-0.15, -0.1) is 0 Å². The summed E-state index contributed by atoms with van der Waals surface area (Å²) in [6, 6.07) is 17.4. The molecule has 4 aromatic rings. The number of aromatic nitrogens is 1. The number of aryl methyl sites for hydroxylation is 1. The van der Waals surface area contributed by atoms with E-state index < -0.39 is 23.7 Å². The van der Waals surface area contributed by atoms with Gasteiger partial charge in [0.25, 0.3) is 0 Å². The van der Waals surface area contributed by atoms with Crippen LogP contribution in [0, 0.1) is 0 Å². The predicted octanol–water partition coefficient (Wildman–Crippen LogP) is 5.19. The summed E-state index contributed by atoms with van der Waals surface area (Å²) in [5.41, 5.74) is 0.984. The Hall–Kier alpha value is -4.77. The average molecular weight is 540 g/mol. The van der Waals surface area contributed by atoms with Crippen LogP contribution >= 0.6 is 0 Å². The van der Waals surface area contributed by atoms with Gasteiger partial charge in [-0.1, -0.05) is 18.2 Å². The topological polar surface area (TPSA) is 120 Å². The third kappa shape index (κ3) is 6.57. The maximum atomic E-state index is 13.5. The van der Waals surface area contributed by atoms with Crippen LogP contribution in [-0.4, -0.2) is 26.7 Å². The molecule has 0 unspecified atom stereocenters. The average Bonchev–Trinajstić information content (AvgIpc) is 3.29. The highest BCUT2D eigenvalue weighted by Crippen LogP contribution is 2.37. The minimum Gasteiger partial charge on any atom is -0.478 e. The molecule has 1 heterocycles. The summed E-state index contributed by atoms with van der Waals surface area (Å²) in [5.74, 6) is -2.47. The Morgan fingerprint density at radius 2 is 1.46 bits per heavy atom. The van der Waals surface area contributed by atoms with Gasteiger partial charge in [0.2, 0.25) is 0 Å². The Balaban J connectivity index is 1.64. The van der Waals surface area contributed by atoms with Crippen molar-refractivity contribution in [3.8, 4) is 0 Å². The Labute approximate surface area is 221 Å². The van der Waals surface area contributed by atoms with E-state index in [-0.39, 0.29) is 33.9 Å². The number of carboxylic acids is 2. The number of nitrogens with zero attached hydrogens (tertiary/aromatic N) is 1. The van der Waals surface area contributed by atoms with Gasteiger partial charge in [0.05, 0.1) is 45.1 Å². The fraction of sp³-hybridized carbons (Fsp3) is 0.143. The van der Waals surface area contributed by atoms with Gasteiger partial charge in [-0.05, 0) is 54.6 Å². The Morgan fingerprint density at radius 1 is 0.795 bits per heavy atom. The molecule has 202 valence electrons. The third-order valence-electron chi connectivity index (χ3n) is 6.14. The van der Waals surface area contributed by atoms with E-state index in [1.807, 2.05) is 35.3 Å². The van der Waals surface area contributed by atoms with Crippen molar-refractivity contribution >= 4 is 34.7 Å². The Bertz CT molecular complexity index is 1510. The van der Waals surface area contributed by atoms with Gasteiger partial charge in [-0.3, -0.25) is 0 Å². The minimum atomic E-state index is -4.65. The second-order valence-electron chi connectivity index (χ2n) is 8.85. The van der Waals surface area contributed by atoms with Crippen LogP contribution in [0.4, 0.5) is 35.9 Å². The minimum absolute atomic E-state index is 0.0736. The number of benzene rings is 3. The lowest BCUT2D eigenvalue weighted by Crippen LogP contribution is -2.81. The molecule has 8 nitrogen and oxygen atoms in total. The zero-order chi connectivity index (χ0) is 28.2. The zero-order valence-electron chi connectivity index (χ0n) is 20.8. The number of carbonyl (C=O) groups is 2. The molecule has 0 saturated carbocycles. The normalized spacial score (nSPS) is 11.3. The van der Waals surface area contributed by atoms with Crippen LogP contribution < -0.4 is 16.0 Å². The first-order chi connectivity index (χ1) is 18.5. The number of nitrogens with one attached hydrogen (secondary N) is 2. The van der Waals surface area contributed by atoms with E-state index in [0.717, 1.165) is 29.5 Å². The maximum Gasteiger partial charge on any atom is 0.416 e. The molecule has 0 fully saturated rings. The predicted molar refractivity (Wildman–Crippen MR) is 140 cm³/mol. The first-order valence-corrected chi connectivity index (χ1v) is 11.9. The van der Waals surface area contributed by atoms with E-state index in [2.05, 4.69) is 10.6 Å². The zero-order valence-corrected chi connectivity index (χ0v) is 20.8. The number of hydrogen-bond acceptors (Lipinski definition) is 4. The quantitative estimate of drug-likeness (QED) is 0.189. The summed E-state index contributed by atoms with van der Waals surface area (Å²) in [4.78, 5) is 23.7. The molecule has 11 heteroatoms. The van der Waals surface area contributed by atoms with E-state index in [9.17, 15) is 33.0 Å². The molecule has 3 aromatic carbocycles. The number of alkyl halides is 3. The largest absolute Gasteiger partial charge is 0.478 e. The number of anilines is 4. The van der Waals surface area contributed by atoms with Crippen molar-refractivity contribution in [1.29, 1.82) is 0 Å². The molecule has 39 heavy (non-hydrogen) atoms. The summed E-state index contributed by atoms with van der Waals surface area (Å²) >= 11 is 0. The maximum absolute atomic E-state index is 13.5. The monoisotopic (exact) mass is 539 g/mol. The Morgan fingerprint density at radius 3 is 2.13 bits per heavy atom. The van der Waals surface area contributed by atoms with Gasteiger partial charge in [0.1, 0.15) is 13.1 Å². The van der Waals surface area contributed by atoms with Crippen molar-refractivity contribution in [1.82, 2.24) is 4.57 Å². The highest BCUT2D eigenvalue weighted by molar-refractivity contribution is 5.98. The van der Waals surface area contributed by atoms with Gasteiger partial charge in [0.15, 0.2) is 0 Å². The Kier molecular flexibility index (Phi) is 7.91. The first kappa shape index (κ1) is 27.3. The van der Waals surface area contributed by atoms with Crippen LogP contribution in [0.25, 0.3) is 0 Å². The number of rotatable bonds is 10. The van der Waals surface area contributed by atoms with Crippen molar-refractivity contribution in [2.45, 2.75) is 19.3 Å². The van der Waals surface area contributed by atoms with Crippen LogP contribution in [0.5, 0.6) is 0 Å². The van der Waals surface area contributed by atoms with Crippen LogP contribution in [0.15, 0.2) is 79.0 Å². The standard InChI is InChI=1S/C28H25F3N4O4/c1-35-12-4-5-19(35)16-32-15-17-8-10-23(21(13-17)27(38)39)34-25-14-18(28(29,30)31)9-11-24(25)33-22-7-3-2-6-20(22)26(36)37/h2-14,32-34H,15-16H2,1H3,(H,36,37)(H,38,39)/p+1. The highest BCUT2D eigenvalue weighted by Gasteiger charge is 2.31. The van der Waals surface area contributed by atoms with Crippen molar-refractivity contribution in [3.63, 3.8) is 0 Å². The summed E-state index contributed by atoms with van der Waals surface area (Å²) in [6.07, 6.45) is -2.72. The molecule has 0 radical (unpaired) electrons. The van der Waals surface area contributed by atoms with E-state index in [1.54, 1.807) is 12.1 Å². The van der Waals surface area contributed by atoms with Crippen molar-refractivity contribution < 1.29 is 38.3 Å². The summed E-state index contributed by atoms with van der Waals surface area (Å²) in [7, 11) is 1.93. The SMILES string of the molecule is Cn1cccc1C[NH2+]Cc1ccc(Nc2cc(C(F)(F)F)ccc2Nc2ccccc2C(=O)O)c(C(=O)O)c1. The fourth-order valence-electron chi connectivity index (χ4n) is 4.10. The summed E-state index contributed by atoms with van der Waals surface area (Å²) < 4.78 is 42.5. The van der Waals surface area contributed by atoms with Crippen LogP contribution in [-0.2, 0) is 26.3 Å². The number of nitrogens with two attached hydrogens (primary N) is 1. The van der Waals surface area contributed by atoms with Crippen LogP contribution in [0.1, 0.15) is 37.5 Å². The smallest absolute Gasteiger partial charge is 0.416 e. The molecule has 0 amide bonds. The molecular formula is C28H26F3N4O4+. The van der Waals surface area contributed by atoms with Gasteiger partial charge in [-0.2, -0.15) is 13.2 Å². The van der Waals surface area contributed by atoms with Gasteiger partial charge < -0.3 is 30.7 Å². The molecule has 0 aliphatic carbocycles. The molecule has 1 aromatic heterocycles. The van der Waals surface area contributed by atoms with E-state index in [4.69, 9.17) is 0 Å². The lowest BCUT2D eigenvalue weighted by molar-refractivity contribution is -0.687. The van der Waals surface area contributed by atoms with E-state index in [1.165, 1.54) is 30.3 Å². The molecule has 0 spiro atoms. The number of hydrogen-bond donors (Lipinski definition) is 5. The van der Waals surface area contributed by atoms with E-state index in [0.29, 0.717) is 13.1 Å². The number of aromatic carboxylic acids is 2. The second kappa shape index (κ2) is 11.3. The number of para-hydroxylation sites is 1. The number of halogens is 3. The second-order valence-corrected chi connectivity index (χ2v) is 8.85. The van der Waals surface area contributed by atoms with Crippen molar-refractivity contribution in [3.05, 3.63) is 107 Å². The molecular weight excluding hydrogens is 513 g/mol. The molecule has 0 aliphatic heterocycles. The summed E-state index contributed by atoms with van der Waals surface area (Å²) in [5, 5.41) is 27.0. The third-order valence-corrected chi connectivity index (χ3v) is 6.14.